The molecule has 1 aromatic heterocycles. The van der Waals surface area contributed by atoms with E-state index in [0.717, 1.165) is 18.9 Å². The summed E-state index contributed by atoms with van der Waals surface area (Å²) >= 11 is 1.75. The molecule has 8 heteroatoms. The summed E-state index contributed by atoms with van der Waals surface area (Å²) < 4.78 is 25.1. The van der Waals surface area contributed by atoms with Crippen LogP contribution in [0.2, 0.25) is 0 Å². The van der Waals surface area contributed by atoms with Gasteiger partial charge in [-0.15, -0.1) is 11.3 Å². The summed E-state index contributed by atoms with van der Waals surface area (Å²) in [6, 6.07) is 4.17. The van der Waals surface area contributed by atoms with E-state index < -0.39 is 10.0 Å². The third-order valence-electron chi connectivity index (χ3n) is 2.96. The van der Waals surface area contributed by atoms with Crippen LogP contribution in [0.5, 0.6) is 0 Å². The average Bonchev–Trinajstić information content (AvgIpc) is 2.98. The molecule has 0 fully saturated rings. The van der Waals surface area contributed by atoms with E-state index in [1.165, 1.54) is 4.88 Å². The van der Waals surface area contributed by atoms with E-state index in [0.29, 0.717) is 13.1 Å². The van der Waals surface area contributed by atoms with E-state index in [1.54, 1.807) is 25.3 Å². The summed E-state index contributed by atoms with van der Waals surface area (Å²) in [4.78, 5) is 7.58. The van der Waals surface area contributed by atoms with Crippen LogP contribution in [-0.2, 0) is 16.4 Å². The van der Waals surface area contributed by atoms with E-state index in [1.807, 2.05) is 18.0 Å². The number of hydrogen-bond acceptors (Lipinski definition) is 4. The molecule has 1 heterocycles. The first kappa shape index (κ1) is 17.9. The van der Waals surface area contributed by atoms with Gasteiger partial charge in [-0.1, -0.05) is 6.07 Å². The lowest BCUT2D eigenvalue weighted by atomic mass is 10.3. The molecule has 2 N–H and O–H groups in total. The Morgan fingerprint density at radius 3 is 2.76 bits per heavy atom. The highest BCUT2D eigenvalue weighted by Crippen LogP contribution is 2.09. The number of hydrogen-bond donors (Lipinski definition) is 2. The lowest BCUT2D eigenvalue weighted by Gasteiger charge is -2.21. The summed E-state index contributed by atoms with van der Waals surface area (Å²) in [5.74, 6) is 0.866. The third-order valence-corrected chi connectivity index (χ3v) is 5.30. The number of nitrogens with one attached hydrogen (secondary N) is 2. The Hall–Kier alpha value is -1.12. The van der Waals surface area contributed by atoms with E-state index >= 15 is 0 Å². The molecule has 0 saturated carbocycles. The van der Waals surface area contributed by atoms with Gasteiger partial charge in [0.1, 0.15) is 0 Å². The largest absolute Gasteiger partial charge is 0.355 e. The predicted octanol–water partition coefficient (Wildman–Crippen LogP) is 0.737. The van der Waals surface area contributed by atoms with Gasteiger partial charge in [-0.2, -0.15) is 0 Å². The van der Waals surface area contributed by atoms with Crippen molar-refractivity contribution < 1.29 is 8.42 Å². The van der Waals surface area contributed by atoms with Crippen molar-refractivity contribution >= 4 is 27.3 Å². The number of sulfonamides is 1. The molecule has 0 atom stereocenters. The van der Waals surface area contributed by atoms with Gasteiger partial charge in [-0.25, -0.2) is 13.1 Å². The molecule has 0 aliphatic heterocycles. The van der Waals surface area contributed by atoms with Crippen LogP contribution >= 0.6 is 11.3 Å². The normalized spacial score (nSPS) is 12.4. The summed E-state index contributed by atoms with van der Waals surface area (Å²) in [5, 5.41) is 5.22. The molecule has 21 heavy (non-hydrogen) atoms. The van der Waals surface area contributed by atoms with Crippen molar-refractivity contribution in [3.63, 3.8) is 0 Å². The maximum Gasteiger partial charge on any atom is 0.211 e. The van der Waals surface area contributed by atoms with E-state index in [-0.39, 0.29) is 5.75 Å². The SMILES string of the molecule is CCS(=O)(=O)NCCNC(=NC)N(C)CCc1cccs1. The minimum Gasteiger partial charge on any atom is -0.355 e. The first-order valence-electron chi connectivity index (χ1n) is 6.90. The predicted molar refractivity (Wildman–Crippen MR) is 89.5 cm³/mol. The highest BCUT2D eigenvalue weighted by molar-refractivity contribution is 7.89. The standard InChI is InChI=1S/C13H24N4O2S2/c1-4-21(18,19)16-9-8-15-13(14-2)17(3)10-7-12-6-5-11-20-12/h5-6,11,16H,4,7-10H2,1-3H3,(H,14,15). The van der Waals surface area contributed by atoms with Gasteiger partial charge in [0.2, 0.25) is 10.0 Å². The van der Waals surface area contributed by atoms with Crippen molar-refractivity contribution in [2.24, 2.45) is 4.99 Å². The lowest BCUT2D eigenvalue weighted by Crippen LogP contribution is -2.43. The van der Waals surface area contributed by atoms with E-state index in [4.69, 9.17) is 0 Å². The molecule has 0 aliphatic rings. The molecular formula is C13H24N4O2S2. The van der Waals surface area contributed by atoms with Crippen LogP contribution in [0, 0.1) is 0 Å². The lowest BCUT2D eigenvalue weighted by molar-refractivity contribution is 0.486. The van der Waals surface area contributed by atoms with Gasteiger partial charge in [0.05, 0.1) is 5.75 Å². The highest BCUT2D eigenvalue weighted by Gasteiger charge is 2.08. The zero-order chi connectivity index (χ0) is 15.7. The Labute approximate surface area is 131 Å². The summed E-state index contributed by atoms with van der Waals surface area (Å²) in [6.07, 6.45) is 0.970. The van der Waals surface area contributed by atoms with Crippen LogP contribution in [0.15, 0.2) is 22.5 Å². The van der Waals surface area contributed by atoms with Crippen molar-refractivity contribution in [1.82, 2.24) is 14.9 Å². The third kappa shape index (κ3) is 6.92. The van der Waals surface area contributed by atoms with Gasteiger partial charge < -0.3 is 10.2 Å². The number of nitrogens with zero attached hydrogens (tertiary/aromatic N) is 2. The molecule has 120 valence electrons. The van der Waals surface area contributed by atoms with Crippen LogP contribution < -0.4 is 10.0 Å². The van der Waals surface area contributed by atoms with Crippen LogP contribution in [0.3, 0.4) is 0 Å². The fourth-order valence-electron chi connectivity index (χ4n) is 1.71. The minimum absolute atomic E-state index is 0.0996. The van der Waals surface area contributed by atoms with Gasteiger partial charge in [-0.05, 0) is 24.8 Å². The molecule has 6 nitrogen and oxygen atoms in total. The van der Waals surface area contributed by atoms with E-state index in [9.17, 15) is 8.42 Å². The monoisotopic (exact) mass is 332 g/mol. The maximum absolute atomic E-state index is 11.3. The van der Waals surface area contributed by atoms with Crippen LogP contribution in [-0.4, -0.2) is 58.8 Å². The smallest absolute Gasteiger partial charge is 0.211 e. The van der Waals surface area contributed by atoms with Crippen molar-refractivity contribution in [2.75, 3.05) is 39.5 Å². The molecule has 1 rings (SSSR count). The second-order valence-corrected chi connectivity index (χ2v) is 7.65. The molecule has 0 aromatic carbocycles. The number of guanidine groups is 1. The van der Waals surface area contributed by atoms with Gasteiger partial charge >= 0.3 is 0 Å². The van der Waals surface area contributed by atoms with Crippen molar-refractivity contribution in [2.45, 2.75) is 13.3 Å². The Bertz CT molecular complexity index is 526. The molecule has 0 spiro atoms. The number of aliphatic imine (C=N–C) groups is 1. The van der Waals surface area contributed by atoms with Crippen molar-refractivity contribution in [3.8, 4) is 0 Å². The van der Waals surface area contributed by atoms with Crippen LogP contribution in [0.1, 0.15) is 11.8 Å². The van der Waals surface area contributed by atoms with Gasteiger partial charge in [0.25, 0.3) is 0 Å². The molecule has 0 radical (unpaired) electrons. The zero-order valence-corrected chi connectivity index (χ0v) is 14.4. The second kappa shape index (κ2) is 9.01. The summed E-state index contributed by atoms with van der Waals surface area (Å²) in [5.41, 5.74) is 0. The van der Waals surface area contributed by atoms with Crippen LogP contribution in [0.4, 0.5) is 0 Å². The maximum atomic E-state index is 11.3. The molecular weight excluding hydrogens is 308 g/mol. The number of likely N-dealkylation sites (N-methyl/N-ethyl adjacent to an activating group) is 1. The topological polar surface area (TPSA) is 73.8 Å². The molecule has 1 aromatic rings. The van der Waals surface area contributed by atoms with Crippen LogP contribution in [0.25, 0.3) is 0 Å². The van der Waals surface area contributed by atoms with Crippen molar-refractivity contribution in [3.05, 3.63) is 22.4 Å². The molecule has 0 saturated heterocycles. The quantitative estimate of drug-likeness (QED) is 0.418. The Kier molecular flexibility index (Phi) is 7.69. The second-order valence-electron chi connectivity index (χ2n) is 4.52. The van der Waals surface area contributed by atoms with Crippen molar-refractivity contribution in [1.29, 1.82) is 0 Å². The Balaban J connectivity index is 2.30. The average molecular weight is 332 g/mol. The Morgan fingerprint density at radius 1 is 1.43 bits per heavy atom. The van der Waals surface area contributed by atoms with Gasteiger partial charge in [-0.3, -0.25) is 4.99 Å². The fraction of sp³-hybridized carbons (Fsp3) is 0.615. The minimum atomic E-state index is -3.13. The highest BCUT2D eigenvalue weighted by atomic mass is 32.2. The fourth-order valence-corrected chi connectivity index (χ4v) is 3.02. The summed E-state index contributed by atoms with van der Waals surface area (Å²) in [6.45, 7) is 3.34. The molecule has 0 amide bonds. The molecule has 0 unspecified atom stereocenters. The summed E-state index contributed by atoms with van der Waals surface area (Å²) in [7, 11) is 0.567. The first-order chi connectivity index (χ1) is 9.98. The van der Waals surface area contributed by atoms with E-state index in [2.05, 4.69) is 26.5 Å². The number of thiophene rings is 1. The molecule has 0 aliphatic carbocycles. The Morgan fingerprint density at radius 2 is 2.19 bits per heavy atom. The molecule has 0 bridgehead atoms. The zero-order valence-electron chi connectivity index (χ0n) is 12.8. The number of rotatable bonds is 8. The first-order valence-corrected chi connectivity index (χ1v) is 9.43. The van der Waals surface area contributed by atoms with Gasteiger partial charge in [0.15, 0.2) is 5.96 Å². The van der Waals surface area contributed by atoms with Gasteiger partial charge in [0, 0.05) is 38.6 Å².